The predicted octanol–water partition coefficient (Wildman–Crippen LogP) is 3.29. The molecule has 2 atom stereocenters. The van der Waals surface area contributed by atoms with E-state index in [9.17, 15) is 0 Å². The molecule has 1 heterocycles. The Bertz CT molecular complexity index is 345. The van der Waals surface area contributed by atoms with Crippen LogP contribution in [0.3, 0.4) is 0 Å². The molecule has 17 heavy (non-hydrogen) atoms. The van der Waals surface area contributed by atoms with Gasteiger partial charge in [-0.05, 0) is 51.3 Å². The number of piperidine rings is 1. The van der Waals surface area contributed by atoms with Gasteiger partial charge in [-0.2, -0.15) is 0 Å². The molecule has 0 aromatic heterocycles. The van der Waals surface area contributed by atoms with Gasteiger partial charge in [-0.1, -0.05) is 24.6 Å². The van der Waals surface area contributed by atoms with Crippen LogP contribution in [-0.4, -0.2) is 18.7 Å². The van der Waals surface area contributed by atoms with E-state index in [0.717, 1.165) is 12.2 Å². The van der Waals surface area contributed by atoms with Gasteiger partial charge in [0, 0.05) is 6.04 Å². The Labute approximate surface area is 104 Å². The third-order valence-corrected chi connectivity index (χ3v) is 3.45. The van der Waals surface area contributed by atoms with Crippen molar-refractivity contribution >= 4 is 0 Å². The van der Waals surface area contributed by atoms with Crippen LogP contribution in [0.5, 0.6) is 5.75 Å². The number of aryl methyl sites for hydroxylation is 1. The minimum atomic E-state index is 0.284. The topological polar surface area (TPSA) is 21.3 Å². The van der Waals surface area contributed by atoms with E-state index in [1.54, 1.807) is 0 Å². The summed E-state index contributed by atoms with van der Waals surface area (Å²) in [6.07, 6.45) is 5.36. The van der Waals surface area contributed by atoms with Gasteiger partial charge < -0.3 is 10.1 Å². The quantitative estimate of drug-likeness (QED) is 0.861. The zero-order chi connectivity index (χ0) is 12.1. The van der Waals surface area contributed by atoms with E-state index in [2.05, 4.69) is 37.4 Å². The first-order chi connectivity index (χ1) is 8.25. The molecule has 1 saturated heterocycles. The maximum Gasteiger partial charge on any atom is 0.122 e. The van der Waals surface area contributed by atoms with Gasteiger partial charge in [0.1, 0.15) is 5.75 Å². The van der Waals surface area contributed by atoms with E-state index in [4.69, 9.17) is 4.74 Å². The second kappa shape index (κ2) is 6.06. The third-order valence-electron chi connectivity index (χ3n) is 3.45. The van der Waals surface area contributed by atoms with Gasteiger partial charge in [0.05, 0.1) is 6.10 Å². The fraction of sp³-hybridized carbons (Fsp3) is 0.600. The number of rotatable bonds is 4. The van der Waals surface area contributed by atoms with Crippen molar-refractivity contribution in [3.8, 4) is 5.75 Å². The Balaban J connectivity index is 1.84. The summed E-state index contributed by atoms with van der Waals surface area (Å²) in [6.45, 7) is 5.44. The summed E-state index contributed by atoms with van der Waals surface area (Å²) in [4.78, 5) is 0. The Hall–Kier alpha value is -1.02. The second-order valence-corrected chi connectivity index (χ2v) is 5.08. The van der Waals surface area contributed by atoms with Crippen LogP contribution in [0.1, 0.15) is 38.2 Å². The monoisotopic (exact) mass is 233 g/mol. The van der Waals surface area contributed by atoms with Crippen LogP contribution in [0.25, 0.3) is 0 Å². The highest BCUT2D eigenvalue weighted by Gasteiger charge is 2.16. The second-order valence-electron chi connectivity index (χ2n) is 5.08. The van der Waals surface area contributed by atoms with E-state index in [1.165, 1.54) is 31.4 Å². The molecule has 1 fully saturated rings. The van der Waals surface area contributed by atoms with E-state index >= 15 is 0 Å². The molecule has 94 valence electrons. The average molecular weight is 233 g/mol. The zero-order valence-corrected chi connectivity index (χ0v) is 10.9. The smallest absolute Gasteiger partial charge is 0.122 e. The highest BCUT2D eigenvalue weighted by atomic mass is 16.5. The normalized spacial score (nSPS) is 22.1. The van der Waals surface area contributed by atoms with Crippen molar-refractivity contribution in [1.82, 2.24) is 5.32 Å². The highest BCUT2D eigenvalue weighted by Crippen LogP contribution is 2.20. The van der Waals surface area contributed by atoms with Crippen molar-refractivity contribution in [2.24, 2.45) is 0 Å². The first-order valence-corrected chi connectivity index (χ1v) is 6.71. The summed E-state index contributed by atoms with van der Waals surface area (Å²) in [6, 6.07) is 8.88. The Kier molecular flexibility index (Phi) is 4.43. The molecule has 1 aliphatic rings. The zero-order valence-electron chi connectivity index (χ0n) is 10.9. The maximum atomic E-state index is 6.01. The molecule has 1 N–H and O–H groups in total. The molecular formula is C15H23NO. The molecule has 2 heteroatoms. The van der Waals surface area contributed by atoms with Crippen molar-refractivity contribution in [3.63, 3.8) is 0 Å². The number of hydrogen-bond acceptors (Lipinski definition) is 2. The largest absolute Gasteiger partial charge is 0.490 e. The summed E-state index contributed by atoms with van der Waals surface area (Å²) in [5, 5.41) is 3.57. The molecule has 0 aliphatic carbocycles. The fourth-order valence-electron chi connectivity index (χ4n) is 2.48. The first-order valence-electron chi connectivity index (χ1n) is 6.71. The summed E-state index contributed by atoms with van der Waals surface area (Å²) in [7, 11) is 0. The SMILES string of the molecule is Cc1ccccc1OC(C)CC1CCCCN1. The minimum absolute atomic E-state index is 0.284. The average Bonchev–Trinajstić information content (AvgIpc) is 2.33. The number of nitrogens with one attached hydrogen (secondary N) is 1. The lowest BCUT2D eigenvalue weighted by atomic mass is 10.00. The van der Waals surface area contributed by atoms with Crippen LogP contribution < -0.4 is 10.1 Å². The molecule has 0 bridgehead atoms. The summed E-state index contributed by atoms with van der Waals surface area (Å²) >= 11 is 0. The van der Waals surface area contributed by atoms with Crippen molar-refractivity contribution in [1.29, 1.82) is 0 Å². The molecule has 2 nitrogen and oxygen atoms in total. The summed E-state index contributed by atoms with van der Waals surface area (Å²) < 4.78 is 6.01. The standard InChI is InChI=1S/C15H23NO/c1-12-7-3-4-9-15(12)17-13(2)11-14-8-5-6-10-16-14/h3-4,7,9,13-14,16H,5-6,8,10-11H2,1-2H3. The molecule has 0 amide bonds. The number of benzene rings is 1. The first kappa shape index (κ1) is 12.4. The van der Waals surface area contributed by atoms with Crippen LogP contribution >= 0.6 is 0 Å². The van der Waals surface area contributed by atoms with Crippen LogP contribution in [0, 0.1) is 6.92 Å². The van der Waals surface area contributed by atoms with Gasteiger partial charge in [0.25, 0.3) is 0 Å². The summed E-state index contributed by atoms with van der Waals surface area (Å²) in [5.74, 6) is 1.02. The molecule has 0 radical (unpaired) electrons. The molecular weight excluding hydrogens is 210 g/mol. The lowest BCUT2D eigenvalue weighted by molar-refractivity contribution is 0.183. The molecule has 1 aliphatic heterocycles. The molecule has 0 saturated carbocycles. The number of ether oxygens (including phenoxy) is 1. The summed E-state index contributed by atoms with van der Waals surface area (Å²) in [5.41, 5.74) is 1.22. The lowest BCUT2D eigenvalue weighted by Crippen LogP contribution is -2.37. The van der Waals surface area contributed by atoms with Crippen LogP contribution in [0.2, 0.25) is 0 Å². The van der Waals surface area contributed by atoms with Gasteiger partial charge in [0.2, 0.25) is 0 Å². The van der Waals surface area contributed by atoms with Crippen molar-refractivity contribution in [2.45, 2.75) is 51.7 Å². The fourth-order valence-corrected chi connectivity index (χ4v) is 2.48. The van der Waals surface area contributed by atoms with Gasteiger partial charge in [0.15, 0.2) is 0 Å². The van der Waals surface area contributed by atoms with Crippen molar-refractivity contribution in [3.05, 3.63) is 29.8 Å². The van der Waals surface area contributed by atoms with E-state index in [-0.39, 0.29) is 6.10 Å². The van der Waals surface area contributed by atoms with Gasteiger partial charge in [-0.25, -0.2) is 0 Å². The maximum absolute atomic E-state index is 6.01. The van der Waals surface area contributed by atoms with Crippen LogP contribution in [-0.2, 0) is 0 Å². The van der Waals surface area contributed by atoms with Gasteiger partial charge in [-0.3, -0.25) is 0 Å². The Morgan fingerprint density at radius 3 is 2.88 bits per heavy atom. The molecule has 1 aromatic rings. The lowest BCUT2D eigenvalue weighted by Gasteiger charge is -2.26. The van der Waals surface area contributed by atoms with E-state index < -0.39 is 0 Å². The Morgan fingerprint density at radius 1 is 1.35 bits per heavy atom. The number of para-hydroxylation sites is 1. The van der Waals surface area contributed by atoms with E-state index in [0.29, 0.717) is 6.04 Å². The van der Waals surface area contributed by atoms with E-state index in [1.807, 2.05) is 6.07 Å². The Morgan fingerprint density at radius 2 is 2.18 bits per heavy atom. The highest BCUT2D eigenvalue weighted by molar-refractivity contribution is 5.31. The van der Waals surface area contributed by atoms with Crippen molar-refractivity contribution < 1.29 is 4.74 Å². The molecule has 1 aromatic carbocycles. The van der Waals surface area contributed by atoms with Gasteiger partial charge >= 0.3 is 0 Å². The third kappa shape index (κ3) is 3.74. The van der Waals surface area contributed by atoms with Crippen LogP contribution in [0.15, 0.2) is 24.3 Å². The van der Waals surface area contributed by atoms with Crippen LogP contribution in [0.4, 0.5) is 0 Å². The number of hydrogen-bond donors (Lipinski definition) is 1. The predicted molar refractivity (Wildman–Crippen MR) is 71.5 cm³/mol. The minimum Gasteiger partial charge on any atom is -0.490 e. The van der Waals surface area contributed by atoms with Crippen molar-refractivity contribution in [2.75, 3.05) is 6.54 Å². The molecule has 0 spiro atoms. The molecule has 2 rings (SSSR count). The van der Waals surface area contributed by atoms with Gasteiger partial charge in [-0.15, -0.1) is 0 Å². The molecule has 2 unspecified atom stereocenters.